The lowest BCUT2D eigenvalue weighted by atomic mass is 9.94. The number of carbonyl (C=O) groups is 1. The molecule has 1 rings (SSSR count). The normalized spacial score (nSPS) is 18.2. The van der Waals surface area contributed by atoms with Crippen LogP contribution < -0.4 is 5.32 Å². The van der Waals surface area contributed by atoms with E-state index in [0.29, 0.717) is 0 Å². The van der Waals surface area contributed by atoms with E-state index in [1.165, 1.54) is 0 Å². The van der Waals surface area contributed by atoms with E-state index in [9.17, 15) is 18.3 Å². The minimum absolute atomic E-state index is 0.728. The van der Waals surface area contributed by atoms with Gasteiger partial charge in [-0.25, -0.2) is 4.79 Å². The Labute approximate surface area is 104 Å². The SMILES string of the molecule is O=C(O)C(F)(F)F.OC1(C#CBr)CCNCC1. The van der Waals surface area contributed by atoms with Gasteiger partial charge >= 0.3 is 12.1 Å². The monoisotopic (exact) mass is 317 g/mol. The smallest absolute Gasteiger partial charge is 0.475 e. The molecule has 0 unspecified atom stereocenters. The minimum atomic E-state index is -5.08. The maximum absolute atomic E-state index is 10.6. The van der Waals surface area contributed by atoms with E-state index in [1.807, 2.05) is 0 Å². The summed E-state index contributed by atoms with van der Waals surface area (Å²) in [6.45, 7) is 1.72. The summed E-state index contributed by atoms with van der Waals surface area (Å²) in [5, 5.41) is 19.9. The van der Waals surface area contributed by atoms with Crippen LogP contribution in [0.25, 0.3) is 0 Å². The first-order valence-corrected chi connectivity index (χ1v) is 5.36. The van der Waals surface area contributed by atoms with Crippen molar-refractivity contribution in [3.63, 3.8) is 0 Å². The van der Waals surface area contributed by atoms with E-state index in [2.05, 4.69) is 32.0 Å². The second-order valence-electron chi connectivity index (χ2n) is 3.30. The third kappa shape index (κ3) is 7.20. The van der Waals surface area contributed by atoms with Crippen molar-refractivity contribution in [2.75, 3.05) is 13.1 Å². The van der Waals surface area contributed by atoms with Crippen molar-refractivity contribution in [1.29, 1.82) is 0 Å². The molecule has 17 heavy (non-hydrogen) atoms. The summed E-state index contributed by atoms with van der Waals surface area (Å²) in [4.78, 5) is 11.5. The molecule has 0 aliphatic carbocycles. The van der Waals surface area contributed by atoms with Crippen molar-refractivity contribution in [3.05, 3.63) is 0 Å². The minimum Gasteiger partial charge on any atom is -0.475 e. The molecule has 0 aromatic heterocycles. The van der Waals surface area contributed by atoms with Gasteiger partial charge in [-0.15, -0.1) is 0 Å². The van der Waals surface area contributed by atoms with Crippen molar-refractivity contribution in [1.82, 2.24) is 5.32 Å². The van der Waals surface area contributed by atoms with Crippen LogP contribution in [0.15, 0.2) is 0 Å². The zero-order chi connectivity index (χ0) is 13.5. The van der Waals surface area contributed by atoms with E-state index in [4.69, 9.17) is 9.90 Å². The Bertz CT molecular complexity index is 316. The van der Waals surface area contributed by atoms with Gasteiger partial charge in [-0.05, 0) is 17.9 Å². The maximum atomic E-state index is 10.6. The molecule has 0 radical (unpaired) electrons. The second-order valence-corrected chi connectivity index (χ2v) is 3.70. The fourth-order valence-electron chi connectivity index (χ4n) is 1.05. The lowest BCUT2D eigenvalue weighted by Crippen LogP contribution is -2.40. The Morgan fingerprint density at radius 1 is 1.35 bits per heavy atom. The van der Waals surface area contributed by atoms with E-state index in [-0.39, 0.29) is 0 Å². The first-order valence-electron chi connectivity index (χ1n) is 4.57. The molecule has 98 valence electrons. The molecule has 0 saturated carbocycles. The van der Waals surface area contributed by atoms with Crippen LogP contribution >= 0.6 is 15.9 Å². The number of piperidine rings is 1. The Balaban J connectivity index is 0.000000325. The predicted octanol–water partition coefficient (Wildman–Crippen LogP) is 1.09. The van der Waals surface area contributed by atoms with E-state index >= 15 is 0 Å². The average molecular weight is 318 g/mol. The highest BCUT2D eigenvalue weighted by atomic mass is 79.9. The van der Waals surface area contributed by atoms with Crippen molar-refractivity contribution in [2.45, 2.75) is 24.6 Å². The zero-order valence-corrected chi connectivity index (χ0v) is 10.2. The number of aliphatic carboxylic acids is 1. The first kappa shape index (κ1) is 16.2. The van der Waals surface area contributed by atoms with Crippen molar-refractivity contribution in [3.8, 4) is 10.8 Å². The summed E-state index contributed by atoms with van der Waals surface area (Å²) in [7, 11) is 0. The maximum Gasteiger partial charge on any atom is 0.490 e. The number of hydrogen-bond donors (Lipinski definition) is 3. The Morgan fingerprint density at radius 3 is 2.06 bits per heavy atom. The standard InChI is InChI=1S/C7H10BrNO.C2HF3O2/c8-4-1-7(10)2-5-9-6-3-7;3-2(4,5)1(6)7/h9-10H,2-3,5-6H2;(H,6,7). The van der Waals surface area contributed by atoms with Gasteiger partial charge in [-0.2, -0.15) is 13.2 Å². The third-order valence-corrected chi connectivity index (χ3v) is 2.15. The summed E-state index contributed by atoms with van der Waals surface area (Å²) in [5.74, 6) is -0.0139. The molecule has 0 spiro atoms. The molecular formula is C9H11BrF3NO3. The van der Waals surface area contributed by atoms with Gasteiger partial charge in [0.1, 0.15) is 5.60 Å². The number of hydrogen-bond acceptors (Lipinski definition) is 3. The highest BCUT2D eigenvalue weighted by Gasteiger charge is 2.38. The topological polar surface area (TPSA) is 69.6 Å². The molecule has 0 bridgehead atoms. The molecule has 1 aliphatic heterocycles. The predicted molar refractivity (Wildman–Crippen MR) is 57.4 cm³/mol. The van der Waals surface area contributed by atoms with Crippen LogP contribution in [0.5, 0.6) is 0 Å². The second kappa shape index (κ2) is 6.83. The molecule has 3 N–H and O–H groups in total. The van der Waals surface area contributed by atoms with Gasteiger partial charge in [0.15, 0.2) is 0 Å². The number of carboxylic acid groups (broad SMARTS) is 1. The molecule has 0 aromatic carbocycles. The lowest BCUT2D eigenvalue weighted by Gasteiger charge is -2.26. The number of nitrogens with one attached hydrogen (secondary N) is 1. The van der Waals surface area contributed by atoms with Crippen LogP contribution in [0.3, 0.4) is 0 Å². The highest BCUT2D eigenvalue weighted by Crippen LogP contribution is 2.16. The van der Waals surface area contributed by atoms with Crippen LogP contribution in [0.1, 0.15) is 12.8 Å². The number of carboxylic acids is 1. The molecular weight excluding hydrogens is 307 g/mol. The van der Waals surface area contributed by atoms with E-state index in [1.54, 1.807) is 0 Å². The molecule has 1 fully saturated rings. The van der Waals surface area contributed by atoms with Gasteiger partial charge in [0, 0.05) is 28.8 Å². The van der Waals surface area contributed by atoms with Gasteiger partial charge in [0.25, 0.3) is 0 Å². The zero-order valence-electron chi connectivity index (χ0n) is 8.64. The van der Waals surface area contributed by atoms with Gasteiger partial charge < -0.3 is 15.5 Å². The average Bonchev–Trinajstić information content (AvgIpc) is 2.18. The Hall–Kier alpha value is -0.780. The molecule has 1 saturated heterocycles. The number of aliphatic hydroxyl groups is 1. The van der Waals surface area contributed by atoms with E-state index in [0.717, 1.165) is 25.9 Å². The van der Waals surface area contributed by atoms with Crippen molar-refractivity contribution in [2.24, 2.45) is 0 Å². The highest BCUT2D eigenvalue weighted by molar-refractivity contribution is 9.12. The van der Waals surface area contributed by atoms with Crippen LogP contribution in [0.4, 0.5) is 13.2 Å². The molecule has 1 aliphatic rings. The molecule has 1 heterocycles. The fourth-order valence-corrected chi connectivity index (χ4v) is 1.42. The van der Waals surface area contributed by atoms with Gasteiger partial charge in [0.2, 0.25) is 0 Å². The van der Waals surface area contributed by atoms with Gasteiger partial charge in [0.05, 0.1) is 0 Å². The number of rotatable bonds is 0. The summed E-state index contributed by atoms with van der Waals surface area (Å²) in [6, 6.07) is 0. The lowest BCUT2D eigenvalue weighted by molar-refractivity contribution is -0.192. The molecule has 4 nitrogen and oxygen atoms in total. The Morgan fingerprint density at radius 2 is 1.76 bits per heavy atom. The van der Waals surface area contributed by atoms with Crippen LogP contribution in [-0.4, -0.2) is 41.0 Å². The van der Waals surface area contributed by atoms with Crippen LogP contribution in [0, 0.1) is 10.8 Å². The summed E-state index contributed by atoms with van der Waals surface area (Å²) < 4.78 is 31.7. The fraction of sp³-hybridized carbons (Fsp3) is 0.667. The van der Waals surface area contributed by atoms with Crippen LogP contribution in [-0.2, 0) is 4.79 Å². The van der Waals surface area contributed by atoms with Gasteiger partial charge in [-0.1, -0.05) is 5.92 Å². The van der Waals surface area contributed by atoms with Gasteiger partial charge in [-0.3, -0.25) is 0 Å². The first-order chi connectivity index (χ1) is 7.71. The summed E-state index contributed by atoms with van der Waals surface area (Å²) >= 11 is 2.98. The van der Waals surface area contributed by atoms with Crippen molar-refractivity contribution < 1.29 is 28.2 Å². The summed E-state index contributed by atoms with van der Waals surface area (Å²) in [5.41, 5.74) is -0.741. The number of alkyl halides is 3. The number of halogens is 4. The molecule has 0 atom stereocenters. The van der Waals surface area contributed by atoms with E-state index < -0.39 is 17.7 Å². The Kier molecular flexibility index (Phi) is 6.52. The quantitative estimate of drug-likeness (QED) is 0.585. The molecule has 0 aromatic rings. The van der Waals surface area contributed by atoms with Crippen LogP contribution in [0.2, 0.25) is 0 Å². The third-order valence-electron chi connectivity index (χ3n) is 1.95. The van der Waals surface area contributed by atoms with Crippen molar-refractivity contribution >= 4 is 21.9 Å². The molecule has 8 heteroatoms. The summed E-state index contributed by atoms with van der Waals surface area (Å²) in [6.07, 6.45) is -3.63. The molecule has 0 amide bonds. The largest absolute Gasteiger partial charge is 0.490 e.